The maximum atomic E-state index is 9.83. The molecule has 4 N–H and O–H groups in total. The Hall–Kier alpha value is -1.89. The van der Waals surface area contributed by atoms with Gasteiger partial charge in [0.05, 0.1) is 23.2 Å². The van der Waals surface area contributed by atoms with Crippen LogP contribution in [-0.2, 0) is 0 Å². The molecule has 2 aromatic rings. The molecule has 110 valence electrons. The molecule has 1 atom stereocenters. The van der Waals surface area contributed by atoms with Gasteiger partial charge in [-0.1, -0.05) is 6.92 Å². The zero-order chi connectivity index (χ0) is 14.8. The molecule has 2 rings (SSSR count). The van der Waals surface area contributed by atoms with Gasteiger partial charge in [0.25, 0.3) is 0 Å². The van der Waals surface area contributed by atoms with Crippen molar-refractivity contribution >= 4 is 22.8 Å². The number of H-pyrrole nitrogens is 1. The van der Waals surface area contributed by atoms with Crippen molar-refractivity contribution in [3.63, 3.8) is 0 Å². The third kappa shape index (κ3) is 2.98. The van der Waals surface area contributed by atoms with Crippen LogP contribution in [0.4, 0.5) is 11.8 Å². The van der Waals surface area contributed by atoms with E-state index in [1.165, 1.54) is 0 Å². The average molecular weight is 278 g/mol. The maximum Gasteiger partial charge on any atom is 0.226 e. The number of hydrogen-bond acceptors (Lipinski definition) is 6. The van der Waals surface area contributed by atoms with Gasteiger partial charge in [-0.3, -0.25) is 5.10 Å². The normalized spacial score (nSPS) is 13.4. The van der Waals surface area contributed by atoms with E-state index in [-0.39, 0.29) is 0 Å². The maximum absolute atomic E-state index is 9.83. The Bertz CT molecular complexity index is 577. The number of hydrogen-bond donors (Lipinski definition) is 4. The number of aromatic nitrogens is 4. The first-order valence-electron chi connectivity index (χ1n) is 6.85. The lowest BCUT2D eigenvalue weighted by atomic mass is 9.99. The first kappa shape index (κ1) is 14.5. The zero-order valence-corrected chi connectivity index (χ0v) is 12.4. The second-order valence-electron chi connectivity index (χ2n) is 5.48. The van der Waals surface area contributed by atoms with Crippen LogP contribution in [0.2, 0.25) is 0 Å². The summed E-state index contributed by atoms with van der Waals surface area (Å²) in [6.45, 7) is 8.48. The van der Waals surface area contributed by atoms with E-state index >= 15 is 0 Å². The molecule has 0 aromatic carbocycles. The van der Waals surface area contributed by atoms with Crippen molar-refractivity contribution in [2.75, 3.05) is 17.2 Å². The van der Waals surface area contributed by atoms with Gasteiger partial charge in [0.15, 0.2) is 5.65 Å². The second kappa shape index (κ2) is 5.62. The fourth-order valence-corrected chi connectivity index (χ4v) is 1.66. The summed E-state index contributed by atoms with van der Waals surface area (Å²) in [5.74, 6) is 1.21. The number of aromatic amines is 1. The Morgan fingerprint density at radius 3 is 2.80 bits per heavy atom. The lowest BCUT2D eigenvalue weighted by Gasteiger charge is -2.30. The van der Waals surface area contributed by atoms with Crippen molar-refractivity contribution in [2.24, 2.45) is 0 Å². The van der Waals surface area contributed by atoms with Gasteiger partial charge < -0.3 is 15.7 Å². The summed E-state index contributed by atoms with van der Waals surface area (Å²) in [5, 5.41) is 23.9. The first-order chi connectivity index (χ1) is 9.44. The highest BCUT2D eigenvalue weighted by atomic mass is 16.3. The average Bonchev–Trinajstić information content (AvgIpc) is 2.84. The molecule has 0 fully saturated rings. The van der Waals surface area contributed by atoms with Crippen molar-refractivity contribution in [2.45, 2.75) is 45.8 Å². The number of aliphatic hydroxyl groups is 1. The predicted molar refractivity (Wildman–Crippen MR) is 79.8 cm³/mol. The summed E-state index contributed by atoms with van der Waals surface area (Å²) >= 11 is 0. The highest BCUT2D eigenvalue weighted by molar-refractivity contribution is 5.87. The Morgan fingerprint density at radius 2 is 2.15 bits per heavy atom. The van der Waals surface area contributed by atoms with Crippen LogP contribution < -0.4 is 10.6 Å². The summed E-state index contributed by atoms with van der Waals surface area (Å²) in [5.41, 5.74) is 0.170. The van der Waals surface area contributed by atoms with Gasteiger partial charge in [0.2, 0.25) is 5.95 Å². The van der Waals surface area contributed by atoms with E-state index in [0.717, 1.165) is 18.4 Å². The largest absolute Gasteiger partial charge is 0.391 e. The number of anilines is 2. The molecule has 0 aliphatic rings. The molecular formula is C13H22N6O. The number of aliphatic hydroxyl groups excluding tert-OH is 1. The minimum absolute atomic E-state index is 0.499. The molecule has 2 heterocycles. The molecule has 0 spiro atoms. The molecule has 0 aliphatic carbocycles. The van der Waals surface area contributed by atoms with Crippen LogP contribution in [0.5, 0.6) is 0 Å². The van der Waals surface area contributed by atoms with E-state index in [1.54, 1.807) is 13.1 Å². The first-order valence-corrected chi connectivity index (χ1v) is 6.85. The zero-order valence-electron chi connectivity index (χ0n) is 12.4. The van der Waals surface area contributed by atoms with Crippen LogP contribution in [-0.4, -0.2) is 43.5 Å². The molecule has 2 aromatic heterocycles. The standard InChI is InChI=1S/C13H22N6O/c1-5-6-14-12-16-10(18-13(3,4)8(2)20)9-7-15-19-11(9)17-12/h7-8,20H,5-6H2,1-4H3,(H3,14,15,16,17,18,19). The van der Waals surface area contributed by atoms with Crippen LogP contribution in [0.25, 0.3) is 11.0 Å². The highest BCUT2D eigenvalue weighted by Gasteiger charge is 2.25. The van der Waals surface area contributed by atoms with Crippen LogP contribution >= 0.6 is 0 Å². The van der Waals surface area contributed by atoms with E-state index in [4.69, 9.17) is 0 Å². The van der Waals surface area contributed by atoms with Gasteiger partial charge >= 0.3 is 0 Å². The lowest BCUT2D eigenvalue weighted by Crippen LogP contribution is -2.42. The topological polar surface area (TPSA) is 98.8 Å². The molecule has 20 heavy (non-hydrogen) atoms. The van der Waals surface area contributed by atoms with Gasteiger partial charge in [-0.2, -0.15) is 15.1 Å². The van der Waals surface area contributed by atoms with Gasteiger partial charge in [-0.15, -0.1) is 0 Å². The van der Waals surface area contributed by atoms with Crippen LogP contribution in [0.3, 0.4) is 0 Å². The monoisotopic (exact) mass is 278 g/mol. The molecular weight excluding hydrogens is 256 g/mol. The Morgan fingerprint density at radius 1 is 1.40 bits per heavy atom. The molecule has 7 nitrogen and oxygen atoms in total. The molecule has 0 aliphatic heterocycles. The second-order valence-corrected chi connectivity index (χ2v) is 5.48. The van der Waals surface area contributed by atoms with E-state index in [9.17, 15) is 5.11 Å². The highest BCUT2D eigenvalue weighted by Crippen LogP contribution is 2.24. The molecule has 0 bridgehead atoms. The molecule has 0 radical (unpaired) electrons. The summed E-state index contributed by atoms with van der Waals surface area (Å²) in [7, 11) is 0. The van der Waals surface area contributed by atoms with Crippen LogP contribution in [0, 0.1) is 0 Å². The van der Waals surface area contributed by atoms with Gasteiger partial charge in [-0.25, -0.2) is 0 Å². The fourth-order valence-electron chi connectivity index (χ4n) is 1.66. The predicted octanol–water partition coefficient (Wildman–Crippen LogP) is 1.75. The number of nitrogens with zero attached hydrogens (tertiary/aromatic N) is 3. The Balaban J connectivity index is 2.37. The number of rotatable bonds is 6. The fraction of sp³-hybridized carbons (Fsp3) is 0.615. The van der Waals surface area contributed by atoms with Crippen molar-refractivity contribution in [1.82, 2.24) is 20.2 Å². The smallest absolute Gasteiger partial charge is 0.226 e. The van der Waals surface area contributed by atoms with Crippen molar-refractivity contribution in [1.29, 1.82) is 0 Å². The van der Waals surface area contributed by atoms with Crippen molar-refractivity contribution < 1.29 is 5.11 Å². The summed E-state index contributed by atoms with van der Waals surface area (Å²) in [4.78, 5) is 8.84. The minimum atomic E-state index is -0.522. The minimum Gasteiger partial charge on any atom is -0.391 e. The van der Waals surface area contributed by atoms with E-state index in [2.05, 4.69) is 37.7 Å². The number of nitrogens with one attached hydrogen (secondary N) is 3. The van der Waals surface area contributed by atoms with Crippen LogP contribution in [0.15, 0.2) is 6.20 Å². The molecule has 0 saturated heterocycles. The molecule has 0 amide bonds. The Kier molecular flexibility index (Phi) is 4.08. The molecule has 7 heteroatoms. The van der Waals surface area contributed by atoms with E-state index in [0.29, 0.717) is 17.4 Å². The molecule has 1 unspecified atom stereocenters. The summed E-state index contributed by atoms with van der Waals surface area (Å²) in [6, 6.07) is 0. The SMILES string of the molecule is CCCNc1nc(NC(C)(C)C(C)O)c2cn[nH]c2n1. The van der Waals surface area contributed by atoms with Gasteiger partial charge in [0.1, 0.15) is 5.82 Å². The van der Waals surface area contributed by atoms with E-state index in [1.807, 2.05) is 13.8 Å². The molecule has 0 saturated carbocycles. The third-order valence-corrected chi connectivity index (χ3v) is 3.33. The van der Waals surface area contributed by atoms with Gasteiger partial charge in [-0.05, 0) is 27.2 Å². The van der Waals surface area contributed by atoms with Crippen molar-refractivity contribution in [3.8, 4) is 0 Å². The summed E-state index contributed by atoms with van der Waals surface area (Å²) in [6.07, 6.45) is 2.15. The van der Waals surface area contributed by atoms with Crippen molar-refractivity contribution in [3.05, 3.63) is 6.20 Å². The lowest BCUT2D eigenvalue weighted by molar-refractivity contribution is 0.133. The Labute approximate surface area is 118 Å². The number of fused-ring (bicyclic) bond motifs is 1. The quantitative estimate of drug-likeness (QED) is 0.642. The third-order valence-electron chi connectivity index (χ3n) is 3.33. The van der Waals surface area contributed by atoms with Gasteiger partial charge in [0, 0.05) is 6.54 Å². The van der Waals surface area contributed by atoms with Crippen LogP contribution in [0.1, 0.15) is 34.1 Å². The van der Waals surface area contributed by atoms with E-state index < -0.39 is 11.6 Å². The summed E-state index contributed by atoms with van der Waals surface area (Å²) < 4.78 is 0.